The van der Waals surface area contributed by atoms with Crippen LogP contribution in [0.4, 0.5) is 26.3 Å². The number of hydrogen-bond acceptors (Lipinski definition) is 6. The van der Waals surface area contributed by atoms with Crippen LogP contribution in [0.5, 0.6) is 0 Å². The Balaban J connectivity index is 2.17. The standard InChI is InChI=1S/C14H8F6N4O2S2/c1-24-8-5-21-10(27-14(18,19)20)3-7(8)23-12(24)11-9(28(25)26)2-6(4-22-11)13(15,16)17/h2-5,28H,1H3. The lowest BCUT2D eigenvalue weighted by Gasteiger charge is -2.09. The van der Waals surface area contributed by atoms with E-state index in [1.165, 1.54) is 11.6 Å². The molecule has 14 heteroatoms. The van der Waals surface area contributed by atoms with Gasteiger partial charge in [0.25, 0.3) is 0 Å². The number of rotatable bonds is 3. The average Bonchev–Trinajstić information content (AvgIpc) is 2.88. The highest BCUT2D eigenvalue weighted by molar-refractivity contribution is 8.00. The van der Waals surface area contributed by atoms with Crippen molar-refractivity contribution in [3.05, 3.63) is 30.1 Å². The van der Waals surface area contributed by atoms with Gasteiger partial charge in [-0.1, -0.05) is 0 Å². The molecule has 0 unspecified atom stereocenters. The first-order chi connectivity index (χ1) is 12.9. The van der Waals surface area contributed by atoms with Crippen molar-refractivity contribution in [3.8, 4) is 11.5 Å². The Labute approximate surface area is 158 Å². The summed E-state index contributed by atoms with van der Waals surface area (Å²) in [7, 11) is -2.05. The molecule has 0 saturated heterocycles. The number of pyridine rings is 2. The Hall–Kier alpha value is -2.35. The molecule has 0 amide bonds. The maximum Gasteiger partial charge on any atom is 0.447 e. The van der Waals surface area contributed by atoms with Crippen LogP contribution in [0, 0.1) is 0 Å². The normalized spacial score (nSPS) is 12.9. The van der Waals surface area contributed by atoms with Crippen molar-refractivity contribution in [1.82, 2.24) is 19.5 Å². The Kier molecular flexibility index (Phi) is 5.04. The Morgan fingerprint density at radius 3 is 2.29 bits per heavy atom. The monoisotopic (exact) mass is 442 g/mol. The summed E-state index contributed by atoms with van der Waals surface area (Å²) in [5, 5.41) is -0.389. The van der Waals surface area contributed by atoms with Gasteiger partial charge in [0.15, 0.2) is 16.5 Å². The molecule has 0 aliphatic rings. The highest BCUT2D eigenvalue weighted by atomic mass is 32.2. The molecule has 150 valence electrons. The summed E-state index contributed by atoms with van der Waals surface area (Å²) in [6.07, 6.45) is -3.24. The van der Waals surface area contributed by atoms with Crippen LogP contribution in [0.2, 0.25) is 0 Å². The third kappa shape index (κ3) is 4.06. The number of imidazole rings is 1. The summed E-state index contributed by atoms with van der Waals surface area (Å²) in [5.41, 5.74) is -5.88. The highest BCUT2D eigenvalue weighted by Gasteiger charge is 2.33. The number of thiol groups is 1. The molecular formula is C14H8F6N4O2S2. The zero-order valence-corrected chi connectivity index (χ0v) is 15.2. The van der Waals surface area contributed by atoms with E-state index in [9.17, 15) is 34.8 Å². The molecule has 0 atom stereocenters. The number of alkyl halides is 6. The molecule has 3 aromatic heterocycles. The van der Waals surface area contributed by atoms with Crippen molar-refractivity contribution < 1.29 is 34.8 Å². The molecular weight excluding hydrogens is 434 g/mol. The van der Waals surface area contributed by atoms with Crippen molar-refractivity contribution in [2.24, 2.45) is 7.05 Å². The third-order valence-electron chi connectivity index (χ3n) is 3.57. The van der Waals surface area contributed by atoms with Crippen molar-refractivity contribution in [2.45, 2.75) is 21.6 Å². The van der Waals surface area contributed by atoms with Crippen molar-refractivity contribution in [2.75, 3.05) is 0 Å². The van der Waals surface area contributed by atoms with Crippen LogP contribution in [0.15, 0.2) is 34.4 Å². The fourth-order valence-electron chi connectivity index (χ4n) is 2.38. The maximum absolute atomic E-state index is 12.8. The number of aromatic nitrogens is 4. The van der Waals surface area contributed by atoms with Crippen LogP contribution in [0.3, 0.4) is 0 Å². The molecule has 28 heavy (non-hydrogen) atoms. The van der Waals surface area contributed by atoms with E-state index in [1.807, 2.05) is 0 Å². The lowest BCUT2D eigenvalue weighted by molar-refractivity contribution is -0.138. The van der Waals surface area contributed by atoms with E-state index < -0.39 is 44.6 Å². The number of hydrogen-bond donors (Lipinski definition) is 1. The summed E-state index contributed by atoms with van der Waals surface area (Å²) in [6.45, 7) is 0. The zero-order chi connectivity index (χ0) is 20.9. The predicted octanol–water partition coefficient (Wildman–Crippen LogP) is 3.63. The second-order valence-electron chi connectivity index (χ2n) is 5.40. The lowest BCUT2D eigenvalue weighted by Crippen LogP contribution is -2.08. The summed E-state index contributed by atoms with van der Waals surface area (Å²) in [4.78, 5) is 10.6. The Morgan fingerprint density at radius 2 is 1.71 bits per heavy atom. The molecule has 0 aliphatic heterocycles. The molecule has 3 aromatic rings. The first-order valence-corrected chi connectivity index (χ1v) is 9.16. The van der Waals surface area contributed by atoms with E-state index in [4.69, 9.17) is 0 Å². The van der Waals surface area contributed by atoms with E-state index >= 15 is 0 Å². The topological polar surface area (TPSA) is 77.7 Å². The molecule has 0 radical (unpaired) electrons. The molecule has 0 aromatic carbocycles. The van der Waals surface area contributed by atoms with Crippen molar-refractivity contribution in [1.29, 1.82) is 0 Å². The van der Waals surface area contributed by atoms with Gasteiger partial charge in [0.05, 0.1) is 27.7 Å². The molecule has 0 fully saturated rings. The minimum Gasteiger partial charge on any atom is -0.324 e. The van der Waals surface area contributed by atoms with Gasteiger partial charge in [-0.3, -0.25) is 4.98 Å². The highest BCUT2D eigenvalue weighted by Crippen LogP contribution is 2.37. The number of halogens is 6. The molecule has 3 heterocycles. The Bertz CT molecular complexity index is 1130. The van der Waals surface area contributed by atoms with Gasteiger partial charge in [-0.15, -0.1) is 0 Å². The van der Waals surface area contributed by atoms with Crippen molar-refractivity contribution >= 4 is 33.5 Å². The van der Waals surface area contributed by atoms with E-state index in [0.29, 0.717) is 12.3 Å². The van der Waals surface area contributed by atoms with Gasteiger partial charge in [0, 0.05) is 25.0 Å². The van der Waals surface area contributed by atoms with Crippen LogP contribution in [-0.2, 0) is 23.9 Å². The SMILES string of the molecule is Cn1c(-c2ncc(C(F)(F)F)cc2[SH](=O)=O)nc2cc(SC(F)(F)F)ncc21. The first kappa shape index (κ1) is 20.4. The van der Waals surface area contributed by atoms with Crippen molar-refractivity contribution in [3.63, 3.8) is 0 Å². The molecule has 3 rings (SSSR count). The molecule has 0 saturated carbocycles. The van der Waals surface area contributed by atoms with Gasteiger partial charge in [-0.25, -0.2) is 18.4 Å². The van der Waals surface area contributed by atoms with E-state index in [-0.39, 0.29) is 27.6 Å². The third-order valence-corrected chi connectivity index (χ3v) is 4.96. The summed E-state index contributed by atoms with van der Waals surface area (Å²) >= 11 is -0.459. The van der Waals surface area contributed by atoms with Gasteiger partial charge in [-0.05, 0) is 12.1 Å². The number of fused-ring (bicyclic) bond motifs is 1. The number of aryl methyl sites for hydroxylation is 1. The van der Waals surface area contributed by atoms with Crippen LogP contribution in [-0.4, -0.2) is 33.4 Å². The van der Waals surface area contributed by atoms with Gasteiger partial charge < -0.3 is 4.57 Å². The largest absolute Gasteiger partial charge is 0.447 e. The molecule has 0 aliphatic carbocycles. The minimum absolute atomic E-state index is 0.0491. The minimum atomic E-state index is -4.80. The second kappa shape index (κ2) is 6.92. The van der Waals surface area contributed by atoms with Gasteiger partial charge in [0.1, 0.15) is 10.7 Å². The summed E-state index contributed by atoms with van der Waals surface area (Å²) in [5.74, 6) is -0.131. The number of thioether (sulfide) groups is 1. The van der Waals surface area contributed by atoms with Gasteiger partial charge >= 0.3 is 11.7 Å². The van der Waals surface area contributed by atoms with Gasteiger partial charge in [-0.2, -0.15) is 26.3 Å². The maximum atomic E-state index is 12.8. The fourth-order valence-corrected chi connectivity index (χ4v) is 3.46. The zero-order valence-electron chi connectivity index (χ0n) is 13.5. The fraction of sp³-hybridized carbons (Fsp3) is 0.214. The van der Waals surface area contributed by atoms with Gasteiger partial charge in [0.2, 0.25) is 0 Å². The van der Waals surface area contributed by atoms with E-state index in [2.05, 4.69) is 15.0 Å². The number of nitrogens with zero attached hydrogens (tertiary/aromatic N) is 4. The smallest absolute Gasteiger partial charge is 0.324 e. The predicted molar refractivity (Wildman–Crippen MR) is 87.2 cm³/mol. The van der Waals surface area contributed by atoms with Crippen LogP contribution in [0.25, 0.3) is 22.6 Å². The summed E-state index contributed by atoms with van der Waals surface area (Å²) in [6, 6.07) is 1.47. The molecule has 0 bridgehead atoms. The van der Waals surface area contributed by atoms with Crippen LogP contribution < -0.4 is 0 Å². The quantitative estimate of drug-likeness (QED) is 0.379. The lowest BCUT2D eigenvalue weighted by atomic mass is 10.2. The van der Waals surface area contributed by atoms with Crippen LogP contribution >= 0.6 is 11.8 Å². The first-order valence-electron chi connectivity index (χ1n) is 7.17. The van der Waals surface area contributed by atoms with E-state index in [1.54, 1.807) is 0 Å². The average molecular weight is 442 g/mol. The van der Waals surface area contributed by atoms with E-state index in [0.717, 1.165) is 12.3 Å². The second-order valence-corrected chi connectivity index (χ2v) is 7.48. The Morgan fingerprint density at radius 1 is 1.04 bits per heavy atom. The summed E-state index contributed by atoms with van der Waals surface area (Å²) < 4.78 is 100. The molecule has 6 nitrogen and oxygen atoms in total. The molecule has 0 spiro atoms. The molecule has 0 N–H and O–H groups in total. The van der Waals surface area contributed by atoms with Crippen LogP contribution in [0.1, 0.15) is 5.56 Å².